The fraction of sp³-hybridized carbons (Fsp3) is 0.308. The van der Waals surface area contributed by atoms with Gasteiger partial charge in [-0.2, -0.15) is 0 Å². The number of unbranched alkanes of at least 4 members (excludes halogenated alkanes) is 1. The molecule has 0 unspecified atom stereocenters. The SMILES string of the molecule is CCCCC(=O)N/C(Cl)=C\Oc1ccccc1Cl. The van der Waals surface area contributed by atoms with Crippen molar-refractivity contribution in [1.82, 2.24) is 5.32 Å². The minimum absolute atomic E-state index is 0.124. The topological polar surface area (TPSA) is 38.3 Å². The van der Waals surface area contributed by atoms with Gasteiger partial charge < -0.3 is 10.1 Å². The van der Waals surface area contributed by atoms with Crippen LogP contribution in [0.15, 0.2) is 35.7 Å². The van der Waals surface area contributed by atoms with Gasteiger partial charge in [0.15, 0.2) is 0 Å². The number of benzene rings is 1. The number of para-hydroxylation sites is 1. The molecule has 1 aromatic carbocycles. The third-order valence-corrected chi connectivity index (χ3v) is 2.64. The van der Waals surface area contributed by atoms with Crippen LogP contribution in [-0.2, 0) is 4.79 Å². The smallest absolute Gasteiger partial charge is 0.225 e. The lowest BCUT2D eigenvalue weighted by Crippen LogP contribution is -2.20. The molecule has 0 radical (unpaired) electrons. The molecule has 0 aliphatic heterocycles. The molecule has 0 saturated heterocycles. The molecule has 1 N–H and O–H groups in total. The van der Waals surface area contributed by atoms with Crippen molar-refractivity contribution in [3.05, 3.63) is 40.7 Å². The van der Waals surface area contributed by atoms with Crippen LogP contribution in [0.25, 0.3) is 0 Å². The summed E-state index contributed by atoms with van der Waals surface area (Å²) in [6.07, 6.45) is 3.51. The number of amides is 1. The van der Waals surface area contributed by atoms with E-state index in [0.29, 0.717) is 17.2 Å². The van der Waals surface area contributed by atoms with Gasteiger partial charge in [0.05, 0.1) is 5.02 Å². The van der Waals surface area contributed by atoms with E-state index in [9.17, 15) is 4.79 Å². The van der Waals surface area contributed by atoms with Gasteiger partial charge in [-0.15, -0.1) is 0 Å². The number of hydrogen-bond acceptors (Lipinski definition) is 2. The number of ether oxygens (including phenoxy) is 1. The molecule has 0 aromatic heterocycles. The third kappa shape index (κ3) is 5.43. The first-order valence-electron chi connectivity index (χ1n) is 5.70. The molecule has 1 rings (SSSR count). The molecule has 1 amide bonds. The maximum Gasteiger partial charge on any atom is 0.225 e. The Bertz CT molecular complexity index is 433. The summed E-state index contributed by atoms with van der Waals surface area (Å²) in [6.45, 7) is 2.02. The highest BCUT2D eigenvalue weighted by Crippen LogP contribution is 2.23. The Labute approximate surface area is 117 Å². The Hall–Kier alpha value is -1.19. The fourth-order valence-corrected chi connectivity index (χ4v) is 1.55. The lowest BCUT2D eigenvalue weighted by Gasteiger charge is -2.05. The third-order valence-electron chi connectivity index (χ3n) is 2.14. The molecule has 0 heterocycles. The van der Waals surface area contributed by atoms with Crippen molar-refractivity contribution in [1.29, 1.82) is 0 Å². The lowest BCUT2D eigenvalue weighted by atomic mass is 10.2. The minimum atomic E-state index is -0.124. The molecule has 0 spiro atoms. The highest BCUT2D eigenvalue weighted by atomic mass is 35.5. The second-order valence-electron chi connectivity index (χ2n) is 3.67. The molecular weight excluding hydrogens is 273 g/mol. The van der Waals surface area contributed by atoms with Gasteiger partial charge in [-0.05, 0) is 18.6 Å². The van der Waals surface area contributed by atoms with E-state index in [-0.39, 0.29) is 11.1 Å². The number of carbonyl (C=O) groups is 1. The Balaban J connectivity index is 2.47. The molecule has 18 heavy (non-hydrogen) atoms. The zero-order chi connectivity index (χ0) is 13.4. The van der Waals surface area contributed by atoms with Gasteiger partial charge in [-0.25, -0.2) is 0 Å². The molecule has 0 saturated carbocycles. The standard InChI is InChI=1S/C13H15Cl2NO2/c1-2-3-8-13(17)16-12(15)9-18-11-7-5-4-6-10(11)14/h4-7,9H,2-3,8H2,1H3,(H,16,17)/b12-9-. The van der Waals surface area contributed by atoms with Crippen molar-refractivity contribution in [3.63, 3.8) is 0 Å². The molecule has 3 nitrogen and oxygen atoms in total. The first-order chi connectivity index (χ1) is 8.63. The van der Waals surface area contributed by atoms with E-state index < -0.39 is 0 Å². The van der Waals surface area contributed by atoms with Crippen molar-refractivity contribution in [3.8, 4) is 5.75 Å². The summed E-state index contributed by atoms with van der Waals surface area (Å²) in [4.78, 5) is 11.4. The first-order valence-corrected chi connectivity index (χ1v) is 6.45. The first kappa shape index (κ1) is 14.9. The van der Waals surface area contributed by atoms with Crippen molar-refractivity contribution in [2.75, 3.05) is 0 Å². The van der Waals surface area contributed by atoms with Crippen LogP contribution in [0, 0.1) is 0 Å². The number of hydrogen-bond donors (Lipinski definition) is 1. The van der Waals surface area contributed by atoms with Gasteiger partial charge in [0.2, 0.25) is 5.91 Å². The van der Waals surface area contributed by atoms with Crippen molar-refractivity contribution >= 4 is 29.1 Å². The van der Waals surface area contributed by atoms with Crippen molar-refractivity contribution in [2.24, 2.45) is 0 Å². The minimum Gasteiger partial charge on any atom is -0.460 e. The average molecular weight is 288 g/mol. The van der Waals surface area contributed by atoms with E-state index in [0.717, 1.165) is 12.8 Å². The maximum atomic E-state index is 11.4. The van der Waals surface area contributed by atoms with Crippen LogP contribution in [0.1, 0.15) is 26.2 Å². The molecular formula is C13H15Cl2NO2. The summed E-state index contributed by atoms with van der Waals surface area (Å²) in [6, 6.07) is 7.01. The average Bonchev–Trinajstić information content (AvgIpc) is 2.35. The van der Waals surface area contributed by atoms with Gasteiger partial charge >= 0.3 is 0 Å². The zero-order valence-corrected chi connectivity index (χ0v) is 11.6. The lowest BCUT2D eigenvalue weighted by molar-refractivity contribution is -0.120. The second-order valence-corrected chi connectivity index (χ2v) is 4.48. The van der Waals surface area contributed by atoms with E-state index in [1.165, 1.54) is 6.26 Å². The number of carbonyl (C=O) groups excluding carboxylic acids is 1. The van der Waals surface area contributed by atoms with Crippen molar-refractivity contribution < 1.29 is 9.53 Å². The van der Waals surface area contributed by atoms with E-state index >= 15 is 0 Å². The molecule has 5 heteroatoms. The van der Waals surface area contributed by atoms with E-state index in [1.54, 1.807) is 24.3 Å². The number of halogens is 2. The van der Waals surface area contributed by atoms with Crippen LogP contribution in [-0.4, -0.2) is 5.91 Å². The fourth-order valence-electron chi connectivity index (χ4n) is 1.22. The normalized spacial score (nSPS) is 11.2. The molecule has 0 bridgehead atoms. The van der Waals surface area contributed by atoms with Crippen LogP contribution in [0.5, 0.6) is 5.75 Å². The summed E-state index contributed by atoms with van der Waals surface area (Å²) in [7, 11) is 0. The van der Waals surface area contributed by atoms with Gasteiger partial charge in [-0.3, -0.25) is 4.79 Å². The molecule has 1 aromatic rings. The number of nitrogens with one attached hydrogen (secondary N) is 1. The molecule has 0 fully saturated rings. The quantitative estimate of drug-likeness (QED) is 0.633. The predicted molar refractivity (Wildman–Crippen MR) is 73.7 cm³/mol. The van der Waals surface area contributed by atoms with Gasteiger partial charge in [0.1, 0.15) is 17.2 Å². The zero-order valence-electron chi connectivity index (χ0n) is 10.1. The van der Waals surface area contributed by atoms with Gasteiger partial charge in [0, 0.05) is 6.42 Å². The van der Waals surface area contributed by atoms with Crippen LogP contribution < -0.4 is 10.1 Å². The molecule has 0 aliphatic rings. The Kier molecular flexibility index (Phi) is 6.61. The van der Waals surface area contributed by atoms with Crippen LogP contribution in [0.2, 0.25) is 5.02 Å². The van der Waals surface area contributed by atoms with Crippen LogP contribution >= 0.6 is 23.2 Å². The van der Waals surface area contributed by atoms with E-state index in [2.05, 4.69) is 5.32 Å². The van der Waals surface area contributed by atoms with Crippen molar-refractivity contribution in [2.45, 2.75) is 26.2 Å². The van der Waals surface area contributed by atoms with Gasteiger partial charge in [-0.1, -0.05) is 48.7 Å². The van der Waals surface area contributed by atoms with Gasteiger partial charge in [0.25, 0.3) is 0 Å². The van der Waals surface area contributed by atoms with Crippen LogP contribution in [0.3, 0.4) is 0 Å². The van der Waals surface area contributed by atoms with Crippen LogP contribution in [0.4, 0.5) is 0 Å². The second kappa shape index (κ2) is 8.01. The van der Waals surface area contributed by atoms with E-state index in [1.807, 2.05) is 6.92 Å². The summed E-state index contributed by atoms with van der Waals surface area (Å²) >= 11 is 11.7. The Morgan fingerprint density at radius 3 is 2.83 bits per heavy atom. The molecule has 0 aliphatic carbocycles. The highest BCUT2D eigenvalue weighted by molar-refractivity contribution is 6.32. The summed E-state index contributed by atoms with van der Waals surface area (Å²) in [5.41, 5.74) is 0. The summed E-state index contributed by atoms with van der Waals surface area (Å²) in [5.74, 6) is 0.362. The number of rotatable bonds is 6. The summed E-state index contributed by atoms with van der Waals surface area (Å²) in [5, 5.41) is 3.14. The predicted octanol–water partition coefficient (Wildman–Crippen LogP) is 4.06. The largest absolute Gasteiger partial charge is 0.460 e. The summed E-state index contributed by atoms with van der Waals surface area (Å²) < 4.78 is 5.26. The molecule has 0 atom stereocenters. The Morgan fingerprint density at radius 1 is 1.44 bits per heavy atom. The highest BCUT2D eigenvalue weighted by Gasteiger charge is 2.03. The Morgan fingerprint density at radius 2 is 2.17 bits per heavy atom. The maximum absolute atomic E-state index is 11.4. The monoisotopic (exact) mass is 287 g/mol. The van der Waals surface area contributed by atoms with E-state index in [4.69, 9.17) is 27.9 Å². The molecule has 98 valence electrons.